The van der Waals surface area contributed by atoms with Crippen molar-refractivity contribution in [1.29, 1.82) is 0 Å². The van der Waals surface area contributed by atoms with Gasteiger partial charge in [0, 0.05) is 28.0 Å². The van der Waals surface area contributed by atoms with Crippen LogP contribution >= 0.6 is 22.9 Å². The minimum Gasteiger partial charge on any atom is -0.472 e. The Morgan fingerprint density at radius 2 is 2.04 bits per heavy atom. The van der Waals surface area contributed by atoms with Crippen molar-refractivity contribution in [3.05, 3.63) is 46.7 Å². The van der Waals surface area contributed by atoms with E-state index in [1.165, 1.54) is 31.5 Å². The van der Waals surface area contributed by atoms with Crippen LogP contribution in [0.4, 0.5) is 13.9 Å². The number of carbonyl (C=O) groups excluding carboxylic acids is 1. The number of nitrogens with zero attached hydrogens (tertiary/aromatic N) is 3. The zero-order valence-electron chi connectivity index (χ0n) is 14.6. The Morgan fingerprint density at radius 1 is 1.25 bits per heavy atom. The summed E-state index contributed by atoms with van der Waals surface area (Å²) in [5.74, 6) is -0.666. The van der Waals surface area contributed by atoms with Gasteiger partial charge in [0.2, 0.25) is 5.13 Å². The number of aryl methyl sites for hydroxylation is 1. The average Bonchev–Trinajstić information content (AvgIpc) is 3.10. The van der Waals surface area contributed by atoms with E-state index in [4.69, 9.17) is 16.3 Å². The van der Waals surface area contributed by atoms with Crippen LogP contribution in [-0.2, 0) is 0 Å². The van der Waals surface area contributed by atoms with Gasteiger partial charge >= 0.3 is 6.61 Å². The van der Waals surface area contributed by atoms with Crippen LogP contribution in [0.1, 0.15) is 16.1 Å². The molecule has 1 amide bonds. The molecule has 3 aromatic rings. The summed E-state index contributed by atoms with van der Waals surface area (Å²) in [5, 5.41) is 10.9. The van der Waals surface area contributed by atoms with E-state index in [2.05, 4.69) is 25.2 Å². The Kier molecular flexibility index (Phi) is 6.00. The normalized spacial score (nSPS) is 10.8. The standard InChI is InChI=1S/C17H13ClF2N4O3S/c1-8-5-10(11-6-9(18)3-4-13(11)27-15(19)20)12(7-21-8)14(25)22-16-23-24-17(26-2)28-16/h3-7,15H,1-2H3,(H,22,23,25). The molecule has 146 valence electrons. The first-order chi connectivity index (χ1) is 13.4. The quantitative estimate of drug-likeness (QED) is 0.627. The Hall–Kier alpha value is -2.85. The molecule has 2 aromatic heterocycles. The second-order valence-electron chi connectivity index (χ2n) is 5.42. The highest BCUT2D eigenvalue weighted by molar-refractivity contribution is 7.17. The van der Waals surface area contributed by atoms with Crippen molar-refractivity contribution in [3.8, 4) is 22.1 Å². The van der Waals surface area contributed by atoms with Crippen LogP contribution in [0.15, 0.2) is 30.5 Å². The molecule has 0 aliphatic carbocycles. The Morgan fingerprint density at radius 3 is 2.71 bits per heavy atom. The topological polar surface area (TPSA) is 86.2 Å². The van der Waals surface area contributed by atoms with Crippen molar-refractivity contribution in [2.45, 2.75) is 13.5 Å². The highest BCUT2D eigenvalue weighted by Crippen LogP contribution is 2.36. The lowest BCUT2D eigenvalue weighted by molar-refractivity contribution is -0.0494. The number of rotatable bonds is 6. The van der Waals surface area contributed by atoms with Crippen LogP contribution in [-0.4, -0.2) is 34.8 Å². The SMILES string of the molecule is COc1nnc(NC(=O)c2cnc(C)cc2-c2cc(Cl)ccc2OC(F)F)s1. The predicted molar refractivity (Wildman–Crippen MR) is 100 cm³/mol. The van der Waals surface area contributed by atoms with E-state index in [9.17, 15) is 13.6 Å². The fraction of sp³-hybridized carbons (Fsp3) is 0.176. The van der Waals surface area contributed by atoms with Gasteiger partial charge in [-0.1, -0.05) is 16.7 Å². The molecule has 0 radical (unpaired) electrons. The number of hydrogen-bond acceptors (Lipinski definition) is 7. The Balaban J connectivity index is 2.04. The fourth-order valence-electron chi connectivity index (χ4n) is 2.38. The number of alkyl halides is 2. The lowest BCUT2D eigenvalue weighted by Gasteiger charge is -2.14. The van der Waals surface area contributed by atoms with Gasteiger partial charge in [0.05, 0.1) is 12.7 Å². The van der Waals surface area contributed by atoms with Crippen molar-refractivity contribution in [2.24, 2.45) is 0 Å². The number of hydrogen-bond donors (Lipinski definition) is 1. The summed E-state index contributed by atoms with van der Waals surface area (Å²) in [6.07, 6.45) is 1.34. The minimum atomic E-state index is -3.03. The van der Waals surface area contributed by atoms with Crippen LogP contribution in [0.25, 0.3) is 11.1 Å². The zero-order valence-corrected chi connectivity index (χ0v) is 16.1. The van der Waals surface area contributed by atoms with Crippen LogP contribution in [0.5, 0.6) is 10.9 Å². The molecule has 0 atom stereocenters. The second kappa shape index (κ2) is 8.44. The molecule has 0 unspecified atom stereocenters. The first-order valence-corrected chi connectivity index (χ1v) is 8.97. The number of ether oxygens (including phenoxy) is 2. The minimum absolute atomic E-state index is 0.114. The van der Waals surface area contributed by atoms with Gasteiger partial charge in [0.1, 0.15) is 5.75 Å². The summed E-state index contributed by atoms with van der Waals surface area (Å²) in [6, 6.07) is 5.76. The van der Waals surface area contributed by atoms with Gasteiger partial charge in [-0.25, -0.2) is 0 Å². The summed E-state index contributed by atoms with van der Waals surface area (Å²) in [7, 11) is 1.43. The molecule has 0 spiro atoms. The van der Waals surface area contributed by atoms with Gasteiger partial charge < -0.3 is 9.47 Å². The number of methoxy groups -OCH3 is 1. The molecule has 28 heavy (non-hydrogen) atoms. The molecule has 0 saturated carbocycles. The Bertz CT molecular complexity index is 1020. The molecule has 11 heteroatoms. The summed E-state index contributed by atoms with van der Waals surface area (Å²) in [4.78, 5) is 16.9. The van der Waals surface area contributed by atoms with Crippen molar-refractivity contribution < 1.29 is 23.0 Å². The van der Waals surface area contributed by atoms with Gasteiger partial charge in [0.25, 0.3) is 11.1 Å². The third-order valence-corrected chi connectivity index (χ3v) is 4.57. The lowest BCUT2D eigenvalue weighted by Crippen LogP contribution is -2.14. The Labute approximate surface area is 167 Å². The van der Waals surface area contributed by atoms with E-state index in [1.54, 1.807) is 13.0 Å². The molecule has 2 heterocycles. The van der Waals surface area contributed by atoms with Crippen LogP contribution in [0.2, 0.25) is 5.02 Å². The molecule has 3 rings (SSSR count). The number of pyridine rings is 1. The molecule has 1 aromatic carbocycles. The van der Waals surface area contributed by atoms with E-state index >= 15 is 0 Å². The predicted octanol–water partition coefficient (Wildman–Crippen LogP) is 4.42. The zero-order chi connectivity index (χ0) is 20.3. The fourth-order valence-corrected chi connectivity index (χ4v) is 3.11. The molecule has 0 fully saturated rings. The van der Waals surface area contributed by atoms with E-state index in [1.807, 2.05) is 0 Å². The van der Waals surface area contributed by atoms with Crippen molar-refractivity contribution in [2.75, 3.05) is 12.4 Å². The van der Waals surface area contributed by atoms with Gasteiger partial charge in [-0.15, -0.1) is 5.10 Å². The van der Waals surface area contributed by atoms with Crippen molar-refractivity contribution in [3.63, 3.8) is 0 Å². The molecular formula is C17H13ClF2N4O3S. The maximum absolute atomic E-state index is 12.8. The molecule has 0 saturated heterocycles. The highest BCUT2D eigenvalue weighted by atomic mass is 35.5. The van der Waals surface area contributed by atoms with E-state index in [-0.39, 0.29) is 27.2 Å². The number of halogens is 3. The average molecular weight is 427 g/mol. The molecule has 1 N–H and O–H groups in total. The molecule has 0 aliphatic rings. The lowest BCUT2D eigenvalue weighted by atomic mass is 9.99. The smallest absolute Gasteiger partial charge is 0.387 e. The monoisotopic (exact) mass is 426 g/mol. The van der Waals surface area contributed by atoms with E-state index in [0.717, 1.165) is 11.3 Å². The van der Waals surface area contributed by atoms with Gasteiger partial charge in [-0.05, 0) is 42.5 Å². The molecule has 7 nitrogen and oxygen atoms in total. The number of amides is 1. The first-order valence-electron chi connectivity index (χ1n) is 7.77. The third-order valence-electron chi connectivity index (χ3n) is 3.53. The van der Waals surface area contributed by atoms with Crippen LogP contribution in [0, 0.1) is 6.92 Å². The summed E-state index contributed by atoms with van der Waals surface area (Å²) in [5.41, 5.74) is 1.27. The number of benzene rings is 1. The van der Waals surface area contributed by atoms with Gasteiger partial charge in [-0.2, -0.15) is 8.78 Å². The van der Waals surface area contributed by atoms with Gasteiger partial charge in [0.15, 0.2) is 0 Å². The largest absolute Gasteiger partial charge is 0.472 e. The molecule has 0 bridgehead atoms. The summed E-state index contributed by atoms with van der Waals surface area (Å²) in [6.45, 7) is -1.33. The number of aromatic nitrogens is 3. The summed E-state index contributed by atoms with van der Waals surface area (Å²) < 4.78 is 35.1. The van der Waals surface area contributed by atoms with Gasteiger partial charge in [-0.3, -0.25) is 15.1 Å². The molecular weight excluding hydrogens is 414 g/mol. The number of nitrogens with one attached hydrogen (secondary N) is 1. The maximum Gasteiger partial charge on any atom is 0.387 e. The first kappa shape index (κ1) is 19.9. The van der Waals surface area contributed by atoms with Crippen molar-refractivity contribution >= 4 is 34.0 Å². The van der Waals surface area contributed by atoms with Crippen molar-refractivity contribution in [1.82, 2.24) is 15.2 Å². The van der Waals surface area contributed by atoms with Crippen LogP contribution in [0.3, 0.4) is 0 Å². The highest BCUT2D eigenvalue weighted by Gasteiger charge is 2.20. The number of carbonyl (C=O) groups is 1. The van der Waals surface area contributed by atoms with E-state index in [0.29, 0.717) is 16.3 Å². The number of anilines is 1. The van der Waals surface area contributed by atoms with Crippen LogP contribution < -0.4 is 14.8 Å². The third kappa shape index (κ3) is 4.52. The maximum atomic E-state index is 12.8. The second-order valence-corrected chi connectivity index (χ2v) is 6.80. The van der Waals surface area contributed by atoms with E-state index < -0.39 is 12.5 Å². The molecule has 0 aliphatic heterocycles. The summed E-state index contributed by atoms with van der Waals surface area (Å²) >= 11 is 7.07.